The molecule has 0 saturated heterocycles. The van der Waals surface area contributed by atoms with Crippen molar-refractivity contribution in [2.24, 2.45) is 5.41 Å². The molecule has 9 aromatic rings. The summed E-state index contributed by atoms with van der Waals surface area (Å²) in [4.78, 5) is 9.68. The van der Waals surface area contributed by atoms with Gasteiger partial charge in [-0.3, -0.25) is 0 Å². The third-order valence-electron chi connectivity index (χ3n) is 16.5. The third kappa shape index (κ3) is 11.2. The summed E-state index contributed by atoms with van der Waals surface area (Å²) in [5.41, 5.74) is 16.7. The SMILES string of the molecule is CC(C)c1cccc(C(C)C)c1-c1cc(Oc2[c-]c3c(cc2)c2cc(C(C)(C)C)ccc2n3-c2cc(C(C)(C)C)ccn2)[c-]c(N2C=C(C(C)(C)C)N(c3cc(C(C)(C)c4ccccc4)cc(C(C)(C)c4ccccc4)c3)[CH-]2)c1.[Pt]. The summed E-state index contributed by atoms with van der Waals surface area (Å²) < 4.78 is 9.43. The van der Waals surface area contributed by atoms with E-state index in [9.17, 15) is 0 Å². The molecule has 0 aliphatic carbocycles. The van der Waals surface area contributed by atoms with Gasteiger partial charge in [0, 0.05) is 71.9 Å². The first-order valence-electron chi connectivity index (χ1n) is 28.5. The van der Waals surface area contributed by atoms with Crippen LogP contribution in [0.25, 0.3) is 38.8 Å². The Balaban J connectivity index is 0.00000774. The summed E-state index contributed by atoms with van der Waals surface area (Å²) in [5.74, 6) is 2.64. The molecule has 0 saturated carbocycles. The van der Waals surface area contributed by atoms with Crippen LogP contribution < -0.4 is 14.5 Å². The largest absolute Gasteiger partial charge is 0.509 e. The maximum absolute atomic E-state index is 7.17. The number of rotatable bonds is 12. The standard InChI is InChI=1S/C74H81N4O.Pt/c1-48(2)61-29-24-30-62(49(3)4)69(61)50-37-57(44-60(38-50)79-59-32-33-63-64-42-53(70(5,6)7)31-34-65(64)78(66(63)45-59)68-43-54(35-36-75-68)71(8,9)10)76-46-67(72(11,12)13)77(47-76)58-40-55(73(14,15)51-25-20-18-21-26-51)39-56(41-58)74(16,17)52-27-22-19-23-28-52;/h18-43,46-49H,1-17H3;/q-3;. The second kappa shape index (κ2) is 21.7. The Hall–Kier alpha value is -6.68. The molecule has 0 fully saturated rings. The van der Waals surface area contributed by atoms with Gasteiger partial charge in [-0.1, -0.05) is 220 Å². The Morgan fingerprint density at radius 2 is 1.07 bits per heavy atom. The van der Waals surface area contributed by atoms with Gasteiger partial charge >= 0.3 is 0 Å². The molecular weight excluding hydrogens is 1160 g/mol. The molecule has 10 rings (SSSR count). The third-order valence-corrected chi connectivity index (χ3v) is 16.5. The van der Waals surface area contributed by atoms with E-state index in [1.165, 1.54) is 55.8 Å². The normalized spacial score (nSPS) is 13.7. The number of pyridine rings is 1. The summed E-state index contributed by atoms with van der Waals surface area (Å²) in [6, 6.07) is 63.5. The summed E-state index contributed by atoms with van der Waals surface area (Å²) >= 11 is 0. The first kappa shape index (κ1) is 58.0. The minimum atomic E-state index is -0.285. The van der Waals surface area contributed by atoms with E-state index in [-0.39, 0.29) is 60.0 Å². The molecule has 5 nitrogen and oxygen atoms in total. The molecule has 0 spiro atoms. The van der Waals surface area contributed by atoms with Gasteiger partial charge in [-0.25, -0.2) is 4.98 Å². The second-order valence-electron chi connectivity index (χ2n) is 26.8. The molecule has 0 N–H and O–H groups in total. The molecule has 0 atom stereocenters. The van der Waals surface area contributed by atoms with Crippen LogP contribution in [-0.2, 0) is 42.7 Å². The minimum Gasteiger partial charge on any atom is -0.509 e. The van der Waals surface area contributed by atoms with E-state index in [1.807, 2.05) is 6.20 Å². The van der Waals surface area contributed by atoms with Crippen LogP contribution in [0.3, 0.4) is 0 Å². The van der Waals surface area contributed by atoms with Crippen LogP contribution in [0.5, 0.6) is 11.5 Å². The van der Waals surface area contributed by atoms with Crippen molar-refractivity contribution in [3.8, 4) is 28.4 Å². The Bertz CT molecular complexity index is 3650. The fraction of sp³-hybridized carbons (Fsp3) is 0.324. The maximum Gasteiger partial charge on any atom is 0.135 e. The molecule has 80 heavy (non-hydrogen) atoms. The van der Waals surface area contributed by atoms with Gasteiger partial charge in [-0.05, 0) is 115 Å². The number of nitrogens with zero attached hydrogens (tertiary/aromatic N) is 4. The fourth-order valence-corrected chi connectivity index (χ4v) is 11.4. The van der Waals surface area contributed by atoms with Gasteiger partial charge in [0.15, 0.2) is 0 Å². The maximum atomic E-state index is 7.17. The molecule has 0 unspecified atom stereocenters. The van der Waals surface area contributed by atoms with Gasteiger partial charge < -0.3 is 19.1 Å². The van der Waals surface area contributed by atoms with Gasteiger partial charge in [0.25, 0.3) is 0 Å². The number of anilines is 2. The van der Waals surface area contributed by atoms with Crippen molar-refractivity contribution in [1.82, 2.24) is 9.55 Å². The monoisotopic (exact) mass is 1240 g/mol. The molecule has 1 aliphatic heterocycles. The van der Waals surface area contributed by atoms with E-state index in [0.717, 1.165) is 44.6 Å². The molecule has 416 valence electrons. The van der Waals surface area contributed by atoms with Gasteiger partial charge in [0.1, 0.15) is 5.82 Å². The Kier molecular flexibility index (Phi) is 15.7. The van der Waals surface area contributed by atoms with Gasteiger partial charge in [-0.15, -0.1) is 53.6 Å². The van der Waals surface area contributed by atoms with Crippen LogP contribution in [-0.4, -0.2) is 9.55 Å². The van der Waals surface area contributed by atoms with Crippen LogP contribution in [0.1, 0.15) is 174 Å². The van der Waals surface area contributed by atoms with E-state index in [4.69, 9.17) is 9.72 Å². The van der Waals surface area contributed by atoms with E-state index < -0.39 is 0 Å². The van der Waals surface area contributed by atoms with Crippen LogP contribution in [0.2, 0.25) is 0 Å². The fourth-order valence-electron chi connectivity index (χ4n) is 11.4. The zero-order valence-corrected chi connectivity index (χ0v) is 52.6. The topological polar surface area (TPSA) is 33.5 Å². The van der Waals surface area contributed by atoms with Gasteiger partial charge in [-0.2, -0.15) is 6.07 Å². The quantitative estimate of drug-likeness (QED) is 0.114. The van der Waals surface area contributed by atoms with Crippen molar-refractivity contribution in [2.45, 2.75) is 151 Å². The number of allylic oxidation sites excluding steroid dienone is 1. The Morgan fingerprint density at radius 3 is 1.62 bits per heavy atom. The molecule has 0 radical (unpaired) electrons. The molecule has 1 aliphatic rings. The van der Waals surface area contributed by atoms with Crippen LogP contribution in [0.15, 0.2) is 170 Å². The predicted octanol–water partition coefficient (Wildman–Crippen LogP) is 20.1. The number of benzene rings is 7. The smallest absolute Gasteiger partial charge is 0.135 e. The van der Waals surface area contributed by atoms with Crippen molar-refractivity contribution < 1.29 is 25.8 Å². The minimum absolute atomic E-state index is 0. The van der Waals surface area contributed by atoms with Crippen molar-refractivity contribution in [1.29, 1.82) is 0 Å². The molecule has 6 heteroatoms. The van der Waals surface area contributed by atoms with Crippen molar-refractivity contribution in [3.05, 3.63) is 233 Å². The molecule has 7 aromatic carbocycles. The van der Waals surface area contributed by atoms with Gasteiger partial charge in [0.05, 0.1) is 0 Å². The zero-order chi connectivity index (χ0) is 56.6. The number of hydrogen-bond donors (Lipinski definition) is 0. The average molecular weight is 1240 g/mol. The summed E-state index contributed by atoms with van der Waals surface area (Å²) in [6.07, 6.45) is 4.23. The summed E-state index contributed by atoms with van der Waals surface area (Å²) in [6.45, 7) is 41.3. The van der Waals surface area contributed by atoms with Crippen LogP contribution in [0.4, 0.5) is 11.4 Å². The number of ether oxygens (including phenoxy) is 1. The number of hydrogen-bond acceptors (Lipinski definition) is 4. The first-order chi connectivity index (χ1) is 37.2. The summed E-state index contributed by atoms with van der Waals surface area (Å²) in [5, 5.41) is 2.26. The van der Waals surface area contributed by atoms with Crippen molar-refractivity contribution >= 4 is 33.2 Å². The van der Waals surface area contributed by atoms with E-state index in [2.05, 4.69) is 309 Å². The van der Waals surface area contributed by atoms with E-state index >= 15 is 0 Å². The Morgan fingerprint density at radius 1 is 0.500 bits per heavy atom. The van der Waals surface area contributed by atoms with Gasteiger partial charge in [0.2, 0.25) is 0 Å². The van der Waals surface area contributed by atoms with E-state index in [1.54, 1.807) is 0 Å². The average Bonchev–Trinajstić information content (AvgIpc) is 4.02. The first-order valence-corrected chi connectivity index (χ1v) is 28.5. The molecular formula is C74H81N4OPt-3. The number of aromatic nitrogens is 2. The van der Waals surface area contributed by atoms with Crippen molar-refractivity contribution in [2.75, 3.05) is 9.80 Å². The molecule has 3 heterocycles. The van der Waals surface area contributed by atoms with Crippen LogP contribution in [0, 0.1) is 24.2 Å². The molecule has 2 aromatic heterocycles. The summed E-state index contributed by atoms with van der Waals surface area (Å²) in [7, 11) is 0. The Labute approximate surface area is 493 Å². The predicted molar refractivity (Wildman–Crippen MR) is 334 cm³/mol. The van der Waals surface area contributed by atoms with Crippen molar-refractivity contribution in [3.63, 3.8) is 0 Å². The molecule has 0 bridgehead atoms. The van der Waals surface area contributed by atoms with E-state index in [0.29, 0.717) is 11.5 Å². The molecule has 0 amide bonds. The number of fused-ring (bicyclic) bond motifs is 3. The zero-order valence-electron chi connectivity index (χ0n) is 50.3. The second-order valence-corrected chi connectivity index (χ2v) is 26.8. The van der Waals surface area contributed by atoms with Crippen LogP contribution >= 0.6 is 0 Å².